The van der Waals surface area contributed by atoms with E-state index in [1.807, 2.05) is 17.8 Å². The van der Waals surface area contributed by atoms with Crippen LogP contribution in [-0.4, -0.2) is 17.5 Å². The van der Waals surface area contributed by atoms with E-state index in [0.29, 0.717) is 0 Å². The zero-order valence-electron chi connectivity index (χ0n) is 12.5. The van der Waals surface area contributed by atoms with Crippen LogP contribution in [-0.2, 0) is 23.7 Å². The SMILES string of the molecule is C=C(C)c1ccc(S(=O)(=O)[O-])cc1.CC[n+]1ccn(C)c1. The second kappa shape index (κ2) is 7.19. The van der Waals surface area contributed by atoms with Crippen LogP contribution in [0.5, 0.6) is 0 Å². The van der Waals surface area contributed by atoms with Crippen molar-refractivity contribution in [3.05, 3.63) is 55.1 Å². The molecule has 114 valence electrons. The van der Waals surface area contributed by atoms with Crippen LogP contribution in [0.4, 0.5) is 0 Å². The van der Waals surface area contributed by atoms with Crippen LogP contribution in [0, 0.1) is 0 Å². The van der Waals surface area contributed by atoms with Crippen molar-refractivity contribution < 1.29 is 17.5 Å². The smallest absolute Gasteiger partial charge is 0.243 e. The van der Waals surface area contributed by atoms with E-state index in [9.17, 15) is 13.0 Å². The molecule has 2 rings (SSSR count). The van der Waals surface area contributed by atoms with Crippen molar-refractivity contribution in [3.63, 3.8) is 0 Å². The fraction of sp³-hybridized carbons (Fsp3) is 0.267. The van der Waals surface area contributed by atoms with Crippen molar-refractivity contribution in [1.82, 2.24) is 4.57 Å². The summed E-state index contributed by atoms with van der Waals surface area (Å²) in [5.41, 5.74) is 1.65. The Morgan fingerprint density at radius 1 is 1.33 bits per heavy atom. The number of hydrogen-bond acceptors (Lipinski definition) is 3. The Balaban J connectivity index is 0.000000235. The van der Waals surface area contributed by atoms with E-state index in [1.165, 1.54) is 12.1 Å². The van der Waals surface area contributed by atoms with E-state index in [-0.39, 0.29) is 4.90 Å². The maximum Gasteiger partial charge on any atom is 0.243 e. The van der Waals surface area contributed by atoms with Gasteiger partial charge in [-0.2, -0.15) is 0 Å². The van der Waals surface area contributed by atoms with E-state index < -0.39 is 10.1 Å². The molecule has 1 heterocycles. The molecule has 0 saturated carbocycles. The van der Waals surface area contributed by atoms with Gasteiger partial charge in [-0.3, -0.25) is 0 Å². The van der Waals surface area contributed by atoms with Gasteiger partial charge >= 0.3 is 0 Å². The number of allylic oxidation sites excluding steroid dienone is 1. The first-order chi connectivity index (χ1) is 9.74. The van der Waals surface area contributed by atoms with Gasteiger partial charge in [0.1, 0.15) is 22.5 Å². The molecule has 0 aliphatic carbocycles. The lowest BCUT2D eigenvalue weighted by molar-refractivity contribution is -0.693. The monoisotopic (exact) mass is 308 g/mol. The number of imidazole rings is 1. The molecule has 0 atom stereocenters. The molecule has 6 heteroatoms. The highest BCUT2D eigenvalue weighted by atomic mass is 32.2. The first-order valence-corrected chi connectivity index (χ1v) is 7.87. The molecule has 0 aliphatic rings. The van der Waals surface area contributed by atoms with E-state index in [0.717, 1.165) is 17.7 Å². The van der Waals surface area contributed by atoms with Crippen molar-refractivity contribution in [2.24, 2.45) is 7.05 Å². The number of hydrogen-bond donors (Lipinski definition) is 0. The molecule has 0 N–H and O–H groups in total. The molecule has 0 saturated heterocycles. The summed E-state index contributed by atoms with van der Waals surface area (Å²) >= 11 is 0. The van der Waals surface area contributed by atoms with E-state index in [1.54, 1.807) is 19.1 Å². The van der Waals surface area contributed by atoms with Gasteiger partial charge in [0.15, 0.2) is 0 Å². The maximum atomic E-state index is 10.5. The topological polar surface area (TPSA) is 66.0 Å². The molecule has 0 radical (unpaired) electrons. The van der Waals surface area contributed by atoms with Gasteiger partial charge < -0.3 is 4.55 Å². The minimum atomic E-state index is -4.32. The fourth-order valence-electron chi connectivity index (χ4n) is 1.59. The van der Waals surface area contributed by atoms with Crippen molar-refractivity contribution >= 4 is 15.7 Å². The first-order valence-electron chi connectivity index (χ1n) is 6.47. The first kappa shape index (κ1) is 17.1. The Morgan fingerprint density at radius 2 is 1.90 bits per heavy atom. The van der Waals surface area contributed by atoms with Crippen LogP contribution < -0.4 is 4.57 Å². The lowest BCUT2D eigenvalue weighted by Gasteiger charge is -2.07. The maximum absolute atomic E-state index is 10.5. The molecule has 5 nitrogen and oxygen atoms in total. The molecule has 0 unspecified atom stereocenters. The summed E-state index contributed by atoms with van der Waals surface area (Å²) < 4.78 is 35.8. The summed E-state index contributed by atoms with van der Waals surface area (Å²) in [5, 5.41) is 0. The van der Waals surface area contributed by atoms with Gasteiger partial charge in [0.25, 0.3) is 0 Å². The minimum Gasteiger partial charge on any atom is -0.744 e. The summed E-state index contributed by atoms with van der Waals surface area (Å²) in [6.45, 7) is 8.68. The average molecular weight is 308 g/mol. The van der Waals surface area contributed by atoms with E-state index in [2.05, 4.69) is 30.6 Å². The Kier molecular flexibility index (Phi) is 5.87. The molecule has 0 aliphatic heterocycles. The fourth-order valence-corrected chi connectivity index (χ4v) is 2.06. The Morgan fingerprint density at radius 3 is 2.19 bits per heavy atom. The zero-order valence-corrected chi connectivity index (χ0v) is 13.3. The lowest BCUT2D eigenvalue weighted by Crippen LogP contribution is -2.28. The number of benzene rings is 1. The molecule has 0 spiro atoms. The molecule has 0 amide bonds. The van der Waals surface area contributed by atoms with Crippen molar-refractivity contribution in [3.8, 4) is 0 Å². The molecule has 0 fully saturated rings. The van der Waals surface area contributed by atoms with Crippen LogP contribution in [0.25, 0.3) is 5.57 Å². The summed E-state index contributed by atoms with van der Waals surface area (Å²) in [4.78, 5) is -0.211. The van der Waals surface area contributed by atoms with Gasteiger partial charge in [-0.1, -0.05) is 24.3 Å². The van der Waals surface area contributed by atoms with Crippen LogP contribution in [0.3, 0.4) is 0 Å². The second-order valence-electron chi connectivity index (χ2n) is 4.67. The summed E-state index contributed by atoms with van der Waals surface area (Å²) in [6.07, 6.45) is 6.14. The highest BCUT2D eigenvalue weighted by Crippen LogP contribution is 2.14. The quantitative estimate of drug-likeness (QED) is 0.643. The van der Waals surface area contributed by atoms with Crippen LogP contribution in [0.15, 0.2) is 54.5 Å². The van der Waals surface area contributed by atoms with Crippen LogP contribution >= 0.6 is 0 Å². The molecular formula is C15H20N2O3S. The minimum absolute atomic E-state index is 0.211. The summed E-state index contributed by atoms with van der Waals surface area (Å²) in [7, 11) is -2.30. The predicted octanol–water partition coefficient (Wildman–Crippen LogP) is 1.96. The van der Waals surface area contributed by atoms with Gasteiger partial charge in [0.2, 0.25) is 6.33 Å². The van der Waals surface area contributed by atoms with Gasteiger partial charge in [-0.25, -0.2) is 17.6 Å². The third-order valence-corrected chi connectivity index (χ3v) is 3.67. The average Bonchev–Trinajstić information content (AvgIpc) is 2.84. The second-order valence-corrected chi connectivity index (χ2v) is 6.05. The zero-order chi connectivity index (χ0) is 16.0. The predicted molar refractivity (Wildman–Crippen MR) is 80.4 cm³/mol. The van der Waals surface area contributed by atoms with Crippen LogP contribution in [0.1, 0.15) is 19.4 Å². The molecular weight excluding hydrogens is 288 g/mol. The third kappa shape index (κ3) is 5.53. The number of nitrogens with zero attached hydrogens (tertiary/aromatic N) is 2. The van der Waals surface area contributed by atoms with Gasteiger partial charge in [0.05, 0.1) is 18.5 Å². The molecule has 1 aromatic heterocycles. The van der Waals surface area contributed by atoms with Gasteiger partial charge in [-0.05, 0) is 31.5 Å². The number of aromatic nitrogens is 2. The van der Waals surface area contributed by atoms with Crippen molar-refractivity contribution in [2.75, 3.05) is 0 Å². The number of aryl methyl sites for hydroxylation is 2. The van der Waals surface area contributed by atoms with E-state index >= 15 is 0 Å². The van der Waals surface area contributed by atoms with Gasteiger partial charge in [-0.15, -0.1) is 0 Å². The largest absolute Gasteiger partial charge is 0.744 e. The summed E-state index contributed by atoms with van der Waals surface area (Å²) in [5.74, 6) is 0. The Bertz CT molecular complexity index is 701. The molecule has 21 heavy (non-hydrogen) atoms. The Labute approximate surface area is 125 Å². The Hall–Kier alpha value is -1.92. The highest BCUT2D eigenvalue weighted by molar-refractivity contribution is 7.85. The van der Waals surface area contributed by atoms with Crippen LogP contribution in [0.2, 0.25) is 0 Å². The summed E-state index contributed by atoms with van der Waals surface area (Å²) in [6, 6.07) is 5.69. The molecule has 2 aromatic rings. The highest BCUT2D eigenvalue weighted by Gasteiger charge is 2.00. The normalized spacial score (nSPS) is 10.7. The lowest BCUT2D eigenvalue weighted by atomic mass is 10.1. The molecule has 0 bridgehead atoms. The van der Waals surface area contributed by atoms with Crippen molar-refractivity contribution in [2.45, 2.75) is 25.3 Å². The standard InChI is InChI=1S/C9H10O3S.C6H11N2/c1-7(2)8-3-5-9(6-4-8)13(10,11)12;1-3-8-5-4-7(2)6-8/h3-6H,1H2,2H3,(H,10,11,12);4-6H,3H2,1-2H3/q;+1/p-1. The number of rotatable bonds is 3. The molecule has 1 aromatic carbocycles. The third-order valence-electron chi connectivity index (χ3n) is 2.82. The van der Waals surface area contributed by atoms with Crippen molar-refractivity contribution in [1.29, 1.82) is 0 Å². The van der Waals surface area contributed by atoms with Gasteiger partial charge in [0, 0.05) is 0 Å². The van der Waals surface area contributed by atoms with E-state index in [4.69, 9.17) is 0 Å².